The van der Waals surface area contributed by atoms with Crippen molar-refractivity contribution < 1.29 is 4.79 Å². The normalized spacial score (nSPS) is 15.8. The largest absolute Gasteiger partial charge is 0.293 e. The van der Waals surface area contributed by atoms with Gasteiger partial charge in [-0.15, -0.1) is 5.10 Å². The molecule has 12 heavy (non-hydrogen) atoms. The van der Waals surface area contributed by atoms with E-state index in [1.807, 2.05) is 4.68 Å². The molecule has 2 heterocycles. The van der Waals surface area contributed by atoms with Gasteiger partial charge >= 0.3 is 0 Å². The van der Waals surface area contributed by atoms with E-state index in [0.717, 1.165) is 31.5 Å². The van der Waals surface area contributed by atoms with Crippen LogP contribution >= 0.6 is 0 Å². The highest BCUT2D eigenvalue weighted by Crippen LogP contribution is 2.15. The molecule has 0 saturated carbocycles. The van der Waals surface area contributed by atoms with Gasteiger partial charge in [0.15, 0.2) is 11.5 Å². The van der Waals surface area contributed by atoms with Crippen LogP contribution in [0.4, 0.5) is 0 Å². The lowest BCUT2D eigenvalue weighted by Gasteiger charge is -2.11. The number of ketones is 1. The Hall–Kier alpha value is -1.19. The predicted octanol–water partition coefficient (Wildman–Crippen LogP) is 0.817. The maximum absolute atomic E-state index is 11.1. The number of aromatic nitrogens is 3. The third-order valence-corrected chi connectivity index (χ3v) is 2.20. The third kappa shape index (κ3) is 1.03. The van der Waals surface area contributed by atoms with Gasteiger partial charge in [0.1, 0.15) is 0 Å². The SMILES string of the molecule is CC(=O)c1nnn2c1CCCC2. The Bertz CT molecular complexity index is 316. The number of nitrogens with zero attached hydrogens (tertiary/aromatic N) is 3. The highest BCUT2D eigenvalue weighted by Gasteiger charge is 2.18. The zero-order valence-corrected chi connectivity index (χ0v) is 7.08. The van der Waals surface area contributed by atoms with Crippen LogP contribution in [0.15, 0.2) is 0 Å². The monoisotopic (exact) mass is 165 g/mol. The number of aryl methyl sites for hydroxylation is 1. The van der Waals surface area contributed by atoms with E-state index in [9.17, 15) is 4.79 Å². The first-order valence-electron chi connectivity index (χ1n) is 4.22. The molecule has 4 heteroatoms. The highest BCUT2D eigenvalue weighted by molar-refractivity contribution is 5.93. The van der Waals surface area contributed by atoms with Crippen molar-refractivity contribution in [1.29, 1.82) is 0 Å². The first-order valence-corrected chi connectivity index (χ1v) is 4.22. The molecule has 4 nitrogen and oxygen atoms in total. The van der Waals surface area contributed by atoms with E-state index in [4.69, 9.17) is 0 Å². The summed E-state index contributed by atoms with van der Waals surface area (Å²) in [6.07, 6.45) is 3.24. The van der Waals surface area contributed by atoms with Gasteiger partial charge in [-0.2, -0.15) is 0 Å². The minimum absolute atomic E-state index is 0.0261. The standard InChI is InChI=1S/C8H11N3O/c1-6(12)8-7-4-2-3-5-11(7)10-9-8/h2-5H2,1H3. The summed E-state index contributed by atoms with van der Waals surface area (Å²) in [4.78, 5) is 11.1. The van der Waals surface area contributed by atoms with Gasteiger partial charge in [-0.1, -0.05) is 5.21 Å². The van der Waals surface area contributed by atoms with Crippen LogP contribution in [-0.4, -0.2) is 20.8 Å². The number of carbonyl (C=O) groups is 1. The summed E-state index contributed by atoms with van der Waals surface area (Å²) in [5, 5.41) is 7.78. The fraction of sp³-hybridized carbons (Fsp3) is 0.625. The Balaban J connectivity index is 2.44. The van der Waals surface area contributed by atoms with Crippen LogP contribution in [0.1, 0.15) is 35.9 Å². The molecule has 0 amide bonds. The second-order valence-electron chi connectivity index (χ2n) is 3.12. The van der Waals surface area contributed by atoms with Crippen LogP contribution < -0.4 is 0 Å². The fourth-order valence-corrected chi connectivity index (χ4v) is 1.59. The Morgan fingerprint density at radius 2 is 2.33 bits per heavy atom. The van der Waals surface area contributed by atoms with Crippen LogP contribution in [-0.2, 0) is 13.0 Å². The van der Waals surface area contributed by atoms with Gasteiger partial charge in [-0.3, -0.25) is 4.79 Å². The smallest absolute Gasteiger partial charge is 0.181 e. The number of carbonyl (C=O) groups excluding carboxylic acids is 1. The summed E-state index contributed by atoms with van der Waals surface area (Å²) in [6.45, 7) is 2.45. The molecule has 0 spiro atoms. The number of fused-ring (bicyclic) bond motifs is 1. The Morgan fingerprint density at radius 3 is 3.08 bits per heavy atom. The highest BCUT2D eigenvalue weighted by atomic mass is 16.1. The summed E-state index contributed by atoms with van der Waals surface area (Å²) in [7, 11) is 0. The zero-order chi connectivity index (χ0) is 8.55. The van der Waals surface area contributed by atoms with Crippen LogP contribution in [0.2, 0.25) is 0 Å². The van der Waals surface area contributed by atoms with Crippen molar-refractivity contribution in [2.75, 3.05) is 0 Å². The van der Waals surface area contributed by atoms with Gasteiger partial charge in [-0.05, 0) is 19.3 Å². The summed E-state index contributed by atoms with van der Waals surface area (Å²) in [5.41, 5.74) is 1.59. The molecule has 2 rings (SSSR count). The van der Waals surface area contributed by atoms with Crippen LogP contribution in [0.3, 0.4) is 0 Å². The zero-order valence-electron chi connectivity index (χ0n) is 7.08. The average molecular weight is 165 g/mol. The Labute approximate surface area is 70.6 Å². The first kappa shape index (κ1) is 7.46. The molecule has 0 aliphatic carbocycles. The Kier molecular flexibility index (Phi) is 1.67. The third-order valence-electron chi connectivity index (χ3n) is 2.20. The molecule has 64 valence electrons. The molecular weight excluding hydrogens is 154 g/mol. The van der Waals surface area contributed by atoms with Crippen molar-refractivity contribution in [3.05, 3.63) is 11.4 Å². The molecule has 1 aliphatic heterocycles. The first-order chi connectivity index (χ1) is 5.79. The van der Waals surface area contributed by atoms with Crippen LogP contribution in [0.25, 0.3) is 0 Å². The van der Waals surface area contributed by atoms with E-state index < -0.39 is 0 Å². The molecule has 0 radical (unpaired) electrons. The van der Waals surface area contributed by atoms with Gasteiger partial charge in [0.25, 0.3) is 0 Å². The summed E-state index contributed by atoms with van der Waals surface area (Å²) in [6, 6.07) is 0. The van der Waals surface area contributed by atoms with E-state index in [-0.39, 0.29) is 5.78 Å². The molecule has 0 N–H and O–H groups in total. The van der Waals surface area contributed by atoms with Crippen molar-refractivity contribution in [1.82, 2.24) is 15.0 Å². The molecule has 1 aromatic rings. The summed E-state index contributed by atoms with van der Waals surface area (Å²) >= 11 is 0. The van der Waals surface area contributed by atoms with Crippen molar-refractivity contribution >= 4 is 5.78 Å². The van der Waals surface area contributed by atoms with Crippen molar-refractivity contribution in [3.8, 4) is 0 Å². The maximum Gasteiger partial charge on any atom is 0.181 e. The lowest BCUT2D eigenvalue weighted by atomic mass is 10.1. The lowest BCUT2D eigenvalue weighted by molar-refractivity contribution is 0.101. The van der Waals surface area contributed by atoms with Gasteiger partial charge in [0.05, 0.1) is 5.69 Å². The van der Waals surface area contributed by atoms with E-state index in [1.54, 1.807) is 6.92 Å². The second kappa shape index (κ2) is 2.69. The molecule has 1 aliphatic rings. The van der Waals surface area contributed by atoms with Crippen molar-refractivity contribution in [2.45, 2.75) is 32.7 Å². The number of Topliss-reactive ketones (excluding diaryl/α,β-unsaturated/α-hetero) is 1. The van der Waals surface area contributed by atoms with Gasteiger partial charge in [0.2, 0.25) is 0 Å². The van der Waals surface area contributed by atoms with Gasteiger partial charge < -0.3 is 0 Å². The van der Waals surface area contributed by atoms with Crippen molar-refractivity contribution in [3.63, 3.8) is 0 Å². The average Bonchev–Trinajstić information content (AvgIpc) is 2.47. The molecular formula is C8H11N3O. The minimum Gasteiger partial charge on any atom is -0.293 e. The van der Waals surface area contributed by atoms with E-state index in [2.05, 4.69) is 10.3 Å². The number of rotatable bonds is 1. The minimum atomic E-state index is 0.0261. The molecule has 0 bridgehead atoms. The van der Waals surface area contributed by atoms with Gasteiger partial charge in [-0.25, -0.2) is 4.68 Å². The van der Waals surface area contributed by atoms with Crippen molar-refractivity contribution in [2.24, 2.45) is 0 Å². The van der Waals surface area contributed by atoms with Crippen LogP contribution in [0, 0.1) is 0 Å². The second-order valence-corrected chi connectivity index (χ2v) is 3.12. The summed E-state index contributed by atoms with van der Waals surface area (Å²) in [5.74, 6) is 0.0261. The predicted molar refractivity (Wildman–Crippen MR) is 43.0 cm³/mol. The molecule has 0 atom stereocenters. The Morgan fingerprint density at radius 1 is 1.50 bits per heavy atom. The molecule has 0 unspecified atom stereocenters. The van der Waals surface area contributed by atoms with Crippen LogP contribution in [0.5, 0.6) is 0 Å². The quantitative estimate of drug-likeness (QED) is 0.579. The molecule has 0 saturated heterocycles. The molecule has 0 aromatic carbocycles. The number of hydrogen-bond donors (Lipinski definition) is 0. The maximum atomic E-state index is 11.1. The van der Waals surface area contributed by atoms with Gasteiger partial charge in [0, 0.05) is 13.5 Å². The molecule has 0 fully saturated rings. The summed E-state index contributed by atoms with van der Waals surface area (Å²) < 4.78 is 1.85. The molecule has 1 aromatic heterocycles. The lowest BCUT2D eigenvalue weighted by Crippen LogP contribution is -2.12. The van der Waals surface area contributed by atoms with E-state index >= 15 is 0 Å². The van der Waals surface area contributed by atoms with E-state index in [0.29, 0.717) is 5.69 Å². The van der Waals surface area contributed by atoms with E-state index in [1.165, 1.54) is 0 Å². The topological polar surface area (TPSA) is 47.8 Å². The number of hydrogen-bond acceptors (Lipinski definition) is 3. The fourth-order valence-electron chi connectivity index (χ4n) is 1.59.